The van der Waals surface area contributed by atoms with Gasteiger partial charge in [0.2, 0.25) is 0 Å². The van der Waals surface area contributed by atoms with Crippen LogP contribution in [0, 0.1) is 0 Å². The summed E-state index contributed by atoms with van der Waals surface area (Å²) in [7, 11) is 0. The van der Waals surface area contributed by atoms with E-state index in [0.717, 1.165) is 16.6 Å². The summed E-state index contributed by atoms with van der Waals surface area (Å²) in [5.74, 6) is 0. The first-order valence-corrected chi connectivity index (χ1v) is 5.59. The normalized spacial score (nSPS) is 10.9. The van der Waals surface area contributed by atoms with E-state index in [0.29, 0.717) is 11.7 Å². The molecule has 2 aromatic heterocycles. The van der Waals surface area contributed by atoms with Crippen molar-refractivity contribution in [2.75, 3.05) is 0 Å². The van der Waals surface area contributed by atoms with Gasteiger partial charge in [-0.05, 0) is 29.8 Å². The SMILES string of the molecule is Clc1cc(Cn2nnc3ccccc32)ccn1. The van der Waals surface area contributed by atoms with E-state index in [2.05, 4.69) is 15.3 Å². The Kier molecular flexibility index (Phi) is 2.49. The molecule has 0 saturated heterocycles. The predicted octanol–water partition coefficient (Wildman–Crippen LogP) is 2.53. The molecule has 0 aliphatic rings. The summed E-state index contributed by atoms with van der Waals surface area (Å²) in [5, 5.41) is 8.72. The Hall–Kier alpha value is -1.94. The van der Waals surface area contributed by atoms with Gasteiger partial charge in [-0.1, -0.05) is 28.9 Å². The van der Waals surface area contributed by atoms with Gasteiger partial charge in [-0.25, -0.2) is 9.67 Å². The topological polar surface area (TPSA) is 43.6 Å². The van der Waals surface area contributed by atoms with E-state index in [9.17, 15) is 0 Å². The van der Waals surface area contributed by atoms with Gasteiger partial charge in [0.05, 0.1) is 12.1 Å². The molecule has 0 aliphatic carbocycles. The van der Waals surface area contributed by atoms with Crippen molar-refractivity contribution in [1.82, 2.24) is 20.0 Å². The van der Waals surface area contributed by atoms with E-state index in [4.69, 9.17) is 11.6 Å². The van der Waals surface area contributed by atoms with Gasteiger partial charge in [-0.3, -0.25) is 0 Å². The first-order valence-electron chi connectivity index (χ1n) is 5.21. The zero-order valence-electron chi connectivity index (χ0n) is 8.92. The minimum atomic E-state index is 0.493. The molecule has 0 amide bonds. The summed E-state index contributed by atoms with van der Waals surface area (Å²) in [6.07, 6.45) is 1.69. The summed E-state index contributed by atoms with van der Waals surface area (Å²) in [6.45, 7) is 0.642. The van der Waals surface area contributed by atoms with E-state index >= 15 is 0 Å². The highest BCUT2D eigenvalue weighted by molar-refractivity contribution is 6.29. The van der Waals surface area contributed by atoms with Crippen LogP contribution in [0.1, 0.15) is 5.56 Å². The summed E-state index contributed by atoms with van der Waals surface area (Å²) in [4.78, 5) is 3.95. The average molecular weight is 245 g/mol. The fourth-order valence-electron chi connectivity index (χ4n) is 1.75. The second kappa shape index (κ2) is 4.14. The molecule has 0 N–H and O–H groups in total. The molecular formula is C12H9ClN4. The van der Waals surface area contributed by atoms with E-state index in [1.807, 2.05) is 41.1 Å². The Morgan fingerprint density at radius 1 is 1.18 bits per heavy atom. The Morgan fingerprint density at radius 3 is 2.94 bits per heavy atom. The molecule has 1 aromatic carbocycles. The molecule has 84 valence electrons. The number of aromatic nitrogens is 4. The quantitative estimate of drug-likeness (QED) is 0.651. The van der Waals surface area contributed by atoms with Crippen LogP contribution in [-0.2, 0) is 6.54 Å². The highest BCUT2D eigenvalue weighted by Crippen LogP contribution is 2.13. The van der Waals surface area contributed by atoms with Crippen LogP contribution in [0.3, 0.4) is 0 Å². The molecule has 0 spiro atoms. The van der Waals surface area contributed by atoms with Gasteiger partial charge in [0.1, 0.15) is 10.7 Å². The molecule has 0 bridgehead atoms. The van der Waals surface area contributed by atoms with Crippen molar-refractivity contribution >= 4 is 22.6 Å². The summed E-state index contributed by atoms with van der Waals surface area (Å²) in [6, 6.07) is 11.6. The number of halogens is 1. The van der Waals surface area contributed by atoms with Gasteiger partial charge in [-0.15, -0.1) is 5.10 Å². The first kappa shape index (κ1) is 10.2. The fraction of sp³-hybridized carbons (Fsp3) is 0.0833. The summed E-state index contributed by atoms with van der Waals surface area (Å²) in [5.41, 5.74) is 2.97. The highest BCUT2D eigenvalue weighted by Gasteiger charge is 2.04. The highest BCUT2D eigenvalue weighted by atomic mass is 35.5. The Balaban J connectivity index is 2.00. The van der Waals surface area contributed by atoms with Gasteiger partial charge in [0, 0.05) is 6.20 Å². The average Bonchev–Trinajstić information content (AvgIpc) is 2.73. The second-order valence-corrected chi connectivity index (χ2v) is 4.11. The summed E-state index contributed by atoms with van der Waals surface area (Å²) >= 11 is 5.85. The maximum Gasteiger partial charge on any atom is 0.129 e. The predicted molar refractivity (Wildman–Crippen MR) is 65.9 cm³/mol. The van der Waals surface area contributed by atoms with Crippen LogP contribution in [-0.4, -0.2) is 20.0 Å². The van der Waals surface area contributed by atoms with Gasteiger partial charge < -0.3 is 0 Å². The van der Waals surface area contributed by atoms with Crippen LogP contribution >= 0.6 is 11.6 Å². The molecule has 0 unspecified atom stereocenters. The number of hydrogen-bond donors (Lipinski definition) is 0. The zero-order chi connectivity index (χ0) is 11.7. The van der Waals surface area contributed by atoms with Crippen LogP contribution in [0.5, 0.6) is 0 Å². The summed E-state index contributed by atoms with van der Waals surface area (Å²) < 4.78 is 1.85. The van der Waals surface area contributed by atoms with Crippen LogP contribution in [0.2, 0.25) is 5.15 Å². The number of rotatable bonds is 2. The maximum atomic E-state index is 5.85. The number of nitrogens with zero attached hydrogens (tertiary/aromatic N) is 4. The standard InChI is InChI=1S/C12H9ClN4/c13-12-7-9(5-6-14-12)8-17-11-4-2-1-3-10(11)15-16-17/h1-7H,8H2. The largest absolute Gasteiger partial charge is 0.245 e. The van der Waals surface area contributed by atoms with Gasteiger partial charge >= 0.3 is 0 Å². The lowest BCUT2D eigenvalue weighted by Crippen LogP contribution is -2.01. The van der Waals surface area contributed by atoms with Crippen molar-refractivity contribution in [3.63, 3.8) is 0 Å². The monoisotopic (exact) mass is 244 g/mol. The molecule has 17 heavy (non-hydrogen) atoms. The van der Waals surface area contributed by atoms with Gasteiger partial charge in [-0.2, -0.15) is 0 Å². The van der Waals surface area contributed by atoms with Crippen LogP contribution in [0.4, 0.5) is 0 Å². The molecule has 3 aromatic rings. The third-order valence-electron chi connectivity index (χ3n) is 2.54. The Labute approximate surface area is 103 Å². The van der Waals surface area contributed by atoms with E-state index in [-0.39, 0.29) is 0 Å². The van der Waals surface area contributed by atoms with E-state index < -0.39 is 0 Å². The van der Waals surface area contributed by atoms with E-state index in [1.165, 1.54) is 0 Å². The van der Waals surface area contributed by atoms with Crippen molar-refractivity contribution in [1.29, 1.82) is 0 Å². The molecule has 0 saturated carbocycles. The molecule has 2 heterocycles. The number of benzene rings is 1. The molecule has 0 atom stereocenters. The number of fused-ring (bicyclic) bond motifs is 1. The third kappa shape index (κ3) is 1.99. The van der Waals surface area contributed by atoms with Crippen molar-refractivity contribution in [3.8, 4) is 0 Å². The van der Waals surface area contributed by atoms with Crippen molar-refractivity contribution in [2.45, 2.75) is 6.54 Å². The Morgan fingerprint density at radius 2 is 2.06 bits per heavy atom. The van der Waals surface area contributed by atoms with Gasteiger partial charge in [0.15, 0.2) is 0 Å². The smallest absolute Gasteiger partial charge is 0.129 e. The van der Waals surface area contributed by atoms with Gasteiger partial charge in [0.25, 0.3) is 0 Å². The molecule has 0 aliphatic heterocycles. The number of para-hydroxylation sites is 1. The number of hydrogen-bond acceptors (Lipinski definition) is 3. The molecule has 0 fully saturated rings. The molecule has 3 rings (SSSR count). The van der Waals surface area contributed by atoms with Crippen molar-refractivity contribution < 1.29 is 0 Å². The molecule has 4 nitrogen and oxygen atoms in total. The third-order valence-corrected chi connectivity index (χ3v) is 2.75. The maximum absolute atomic E-state index is 5.85. The number of pyridine rings is 1. The van der Waals surface area contributed by atoms with Crippen molar-refractivity contribution in [2.24, 2.45) is 0 Å². The van der Waals surface area contributed by atoms with Crippen LogP contribution < -0.4 is 0 Å². The lowest BCUT2D eigenvalue weighted by molar-refractivity contribution is 0.669. The first-order chi connectivity index (χ1) is 8.33. The minimum Gasteiger partial charge on any atom is -0.245 e. The second-order valence-electron chi connectivity index (χ2n) is 3.72. The molecule has 5 heteroatoms. The van der Waals surface area contributed by atoms with E-state index in [1.54, 1.807) is 6.20 Å². The lowest BCUT2D eigenvalue weighted by atomic mass is 10.2. The van der Waals surface area contributed by atoms with Crippen LogP contribution in [0.15, 0.2) is 42.6 Å². The Bertz CT molecular complexity index is 662. The molecule has 0 radical (unpaired) electrons. The lowest BCUT2D eigenvalue weighted by Gasteiger charge is -2.02. The fourth-order valence-corrected chi connectivity index (χ4v) is 1.94. The van der Waals surface area contributed by atoms with Crippen molar-refractivity contribution in [3.05, 3.63) is 53.3 Å². The molecular weight excluding hydrogens is 236 g/mol. The minimum absolute atomic E-state index is 0.493. The zero-order valence-corrected chi connectivity index (χ0v) is 9.67. The van der Waals surface area contributed by atoms with Crippen LogP contribution in [0.25, 0.3) is 11.0 Å².